The molecule has 110 valence electrons. The molecule has 2 heterocycles. The third kappa shape index (κ3) is 3.24. The Labute approximate surface area is 131 Å². The number of carboxylic acid groups (broad SMARTS) is 1. The SMILES string of the molecule is O=C(O)C1CCCN(Cc2cc(Br)cc3cccnc23)C1. The molecule has 1 saturated heterocycles. The molecule has 4 nitrogen and oxygen atoms in total. The molecule has 1 atom stereocenters. The first-order chi connectivity index (χ1) is 10.1. The second-order valence-corrected chi connectivity index (χ2v) is 6.47. The van der Waals surface area contributed by atoms with E-state index in [9.17, 15) is 9.90 Å². The molecule has 0 amide bonds. The molecule has 1 aromatic carbocycles. The van der Waals surface area contributed by atoms with Crippen molar-refractivity contribution >= 4 is 32.8 Å². The highest BCUT2D eigenvalue weighted by atomic mass is 79.9. The summed E-state index contributed by atoms with van der Waals surface area (Å²) < 4.78 is 1.03. The van der Waals surface area contributed by atoms with Gasteiger partial charge in [0.05, 0.1) is 11.4 Å². The van der Waals surface area contributed by atoms with E-state index in [2.05, 4.69) is 37.9 Å². The van der Waals surface area contributed by atoms with Gasteiger partial charge in [-0.1, -0.05) is 22.0 Å². The number of aliphatic carboxylic acids is 1. The van der Waals surface area contributed by atoms with E-state index in [1.807, 2.05) is 12.1 Å². The lowest BCUT2D eigenvalue weighted by Gasteiger charge is -2.30. The van der Waals surface area contributed by atoms with Gasteiger partial charge in [0.25, 0.3) is 0 Å². The van der Waals surface area contributed by atoms with Gasteiger partial charge in [0.2, 0.25) is 0 Å². The van der Waals surface area contributed by atoms with Gasteiger partial charge in [-0.25, -0.2) is 0 Å². The Bertz CT molecular complexity index is 674. The lowest BCUT2D eigenvalue weighted by atomic mass is 9.97. The van der Waals surface area contributed by atoms with Crippen LogP contribution in [0.2, 0.25) is 0 Å². The van der Waals surface area contributed by atoms with E-state index in [1.54, 1.807) is 6.20 Å². The van der Waals surface area contributed by atoms with Crippen LogP contribution in [0.1, 0.15) is 18.4 Å². The van der Waals surface area contributed by atoms with Crippen LogP contribution < -0.4 is 0 Å². The van der Waals surface area contributed by atoms with Crippen LogP contribution in [0.3, 0.4) is 0 Å². The summed E-state index contributed by atoms with van der Waals surface area (Å²) in [7, 11) is 0. The zero-order valence-corrected chi connectivity index (χ0v) is 13.2. The van der Waals surface area contributed by atoms with E-state index >= 15 is 0 Å². The van der Waals surface area contributed by atoms with Crippen LogP contribution in [-0.2, 0) is 11.3 Å². The molecule has 1 N–H and O–H groups in total. The first kappa shape index (κ1) is 14.5. The second kappa shape index (κ2) is 6.12. The molecule has 5 heteroatoms. The Morgan fingerprint density at radius 2 is 2.33 bits per heavy atom. The van der Waals surface area contributed by atoms with Crippen molar-refractivity contribution in [1.29, 1.82) is 0 Å². The maximum absolute atomic E-state index is 11.2. The molecule has 0 bridgehead atoms. The maximum Gasteiger partial charge on any atom is 0.307 e. The third-order valence-corrected chi connectivity index (χ3v) is 4.46. The minimum absolute atomic E-state index is 0.245. The van der Waals surface area contributed by atoms with Gasteiger partial charge in [-0.15, -0.1) is 0 Å². The van der Waals surface area contributed by atoms with Gasteiger partial charge in [-0.3, -0.25) is 14.7 Å². The number of carboxylic acids is 1. The zero-order valence-electron chi connectivity index (χ0n) is 11.6. The van der Waals surface area contributed by atoms with Gasteiger partial charge >= 0.3 is 5.97 Å². The predicted octanol–water partition coefficient (Wildman–Crippen LogP) is 3.29. The van der Waals surface area contributed by atoms with E-state index in [4.69, 9.17) is 0 Å². The monoisotopic (exact) mass is 348 g/mol. The van der Waals surface area contributed by atoms with Gasteiger partial charge in [0, 0.05) is 29.1 Å². The zero-order chi connectivity index (χ0) is 14.8. The smallest absolute Gasteiger partial charge is 0.307 e. The highest BCUT2D eigenvalue weighted by Gasteiger charge is 2.25. The van der Waals surface area contributed by atoms with Gasteiger partial charge in [-0.05, 0) is 43.1 Å². The highest BCUT2D eigenvalue weighted by Crippen LogP contribution is 2.25. The molecule has 1 fully saturated rings. The molecule has 3 rings (SSSR count). The van der Waals surface area contributed by atoms with Crippen LogP contribution in [0.25, 0.3) is 10.9 Å². The van der Waals surface area contributed by atoms with Crippen LogP contribution >= 0.6 is 15.9 Å². The average Bonchev–Trinajstić information content (AvgIpc) is 2.47. The minimum Gasteiger partial charge on any atom is -0.481 e. The van der Waals surface area contributed by atoms with Crippen molar-refractivity contribution in [3.05, 3.63) is 40.5 Å². The van der Waals surface area contributed by atoms with E-state index in [0.717, 1.165) is 46.9 Å². The maximum atomic E-state index is 11.2. The fraction of sp³-hybridized carbons (Fsp3) is 0.375. The molecule has 1 aliphatic rings. The Morgan fingerprint density at radius 3 is 3.14 bits per heavy atom. The number of carbonyl (C=O) groups is 1. The van der Waals surface area contributed by atoms with Crippen molar-refractivity contribution in [3.8, 4) is 0 Å². The summed E-state index contributed by atoms with van der Waals surface area (Å²) in [6.45, 7) is 2.32. The van der Waals surface area contributed by atoms with Crippen LogP contribution in [0.5, 0.6) is 0 Å². The Kier molecular flexibility index (Phi) is 4.22. The minimum atomic E-state index is -0.683. The van der Waals surface area contributed by atoms with Crippen LogP contribution in [0, 0.1) is 5.92 Å². The van der Waals surface area contributed by atoms with Crippen molar-refractivity contribution < 1.29 is 9.90 Å². The number of fused-ring (bicyclic) bond motifs is 1. The van der Waals surface area contributed by atoms with Crippen molar-refractivity contribution in [2.24, 2.45) is 5.92 Å². The average molecular weight is 349 g/mol. The number of hydrogen-bond donors (Lipinski definition) is 1. The quantitative estimate of drug-likeness (QED) is 0.924. The van der Waals surface area contributed by atoms with Crippen molar-refractivity contribution in [2.75, 3.05) is 13.1 Å². The molecule has 0 radical (unpaired) electrons. The summed E-state index contributed by atoms with van der Waals surface area (Å²) in [6, 6.07) is 8.12. The second-order valence-electron chi connectivity index (χ2n) is 5.55. The van der Waals surface area contributed by atoms with Crippen LogP contribution in [0.15, 0.2) is 34.9 Å². The summed E-state index contributed by atoms with van der Waals surface area (Å²) in [5.74, 6) is -0.929. The lowest BCUT2D eigenvalue weighted by molar-refractivity contribution is -0.143. The fourth-order valence-electron chi connectivity index (χ4n) is 2.99. The molecule has 0 aliphatic carbocycles. The number of benzene rings is 1. The third-order valence-electron chi connectivity index (χ3n) is 4.00. The molecule has 1 aliphatic heterocycles. The van der Waals surface area contributed by atoms with Gasteiger partial charge in [0.15, 0.2) is 0 Å². The number of pyridine rings is 1. The Balaban J connectivity index is 1.86. The number of nitrogens with zero attached hydrogens (tertiary/aromatic N) is 2. The molecule has 1 aromatic heterocycles. The van der Waals surface area contributed by atoms with Crippen LogP contribution in [0.4, 0.5) is 0 Å². The molecule has 0 spiro atoms. The number of piperidine rings is 1. The summed E-state index contributed by atoms with van der Waals surface area (Å²) in [6.07, 6.45) is 3.52. The molecule has 21 heavy (non-hydrogen) atoms. The summed E-state index contributed by atoms with van der Waals surface area (Å²) in [4.78, 5) is 17.9. The summed E-state index contributed by atoms with van der Waals surface area (Å²) >= 11 is 3.54. The normalized spacial score (nSPS) is 19.8. The molecule has 0 saturated carbocycles. The predicted molar refractivity (Wildman–Crippen MR) is 85.1 cm³/mol. The Hall–Kier alpha value is -1.46. The van der Waals surface area contributed by atoms with E-state index in [1.165, 1.54) is 0 Å². The number of likely N-dealkylation sites (tertiary alicyclic amines) is 1. The lowest BCUT2D eigenvalue weighted by Crippen LogP contribution is -2.38. The number of halogens is 1. The molecular formula is C16H17BrN2O2. The topological polar surface area (TPSA) is 53.4 Å². The van der Waals surface area contributed by atoms with Gasteiger partial charge < -0.3 is 5.11 Å². The first-order valence-electron chi connectivity index (χ1n) is 7.12. The number of aromatic nitrogens is 1. The molecule has 1 unspecified atom stereocenters. The van der Waals surface area contributed by atoms with Gasteiger partial charge in [-0.2, -0.15) is 0 Å². The molecular weight excluding hydrogens is 332 g/mol. The van der Waals surface area contributed by atoms with Crippen molar-refractivity contribution in [1.82, 2.24) is 9.88 Å². The van der Waals surface area contributed by atoms with E-state index in [0.29, 0.717) is 6.54 Å². The summed E-state index contributed by atoms with van der Waals surface area (Å²) in [5.41, 5.74) is 2.14. The number of rotatable bonds is 3. The van der Waals surface area contributed by atoms with Crippen LogP contribution in [-0.4, -0.2) is 34.0 Å². The molecule has 2 aromatic rings. The Morgan fingerprint density at radius 1 is 1.48 bits per heavy atom. The van der Waals surface area contributed by atoms with Gasteiger partial charge in [0.1, 0.15) is 0 Å². The van der Waals surface area contributed by atoms with E-state index < -0.39 is 5.97 Å². The summed E-state index contributed by atoms with van der Waals surface area (Å²) in [5, 5.41) is 10.3. The van der Waals surface area contributed by atoms with E-state index in [-0.39, 0.29) is 5.92 Å². The standard InChI is InChI=1S/C16H17BrN2O2/c17-14-7-11-3-1-5-18-15(11)13(8-14)10-19-6-2-4-12(9-19)16(20)21/h1,3,5,7-8,12H,2,4,6,9-10H2,(H,20,21). The fourth-order valence-corrected chi connectivity index (χ4v) is 3.51. The number of hydrogen-bond acceptors (Lipinski definition) is 3. The van der Waals surface area contributed by atoms with Crippen molar-refractivity contribution in [3.63, 3.8) is 0 Å². The van der Waals surface area contributed by atoms with Crippen molar-refractivity contribution in [2.45, 2.75) is 19.4 Å². The highest BCUT2D eigenvalue weighted by molar-refractivity contribution is 9.10. The first-order valence-corrected chi connectivity index (χ1v) is 7.91. The largest absolute Gasteiger partial charge is 0.481 e.